The van der Waals surface area contributed by atoms with Crippen molar-refractivity contribution in [2.24, 2.45) is 0 Å². The van der Waals surface area contributed by atoms with Crippen molar-refractivity contribution < 1.29 is 28.7 Å². The summed E-state index contributed by atoms with van der Waals surface area (Å²) in [5.41, 5.74) is 1.81. The second-order valence-corrected chi connectivity index (χ2v) is 7.68. The molecule has 1 aliphatic heterocycles. The van der Waals surface area contributed by atoms with Crippen LogP contribution in [-0.2, 0) is 16.1 Å². The van der Waals surface area contributed by atoms with Crippen LogP contribution >= 0.6 is 0 Å². The number of amides is 3. The van der Waals surface area contributed by atoms with E-state index < -0.39 is 30.3 Å². The lowest BCUT2D eigenvalue weighted by Gasteiger charge is -2.19. The number of fused-ring (bicyclic) bond motifs is 1. The largest absolute Gasteiger partial charge is 0.496 e. The Morgan fingerprint density at radius 2 is 1.53 bits per heavy atom. The number of ether oxygens (including phenoxy) is 2. The van der Waals surface area contributed by atoms with E-state index in [0.717, 1.165) is 10.5 Å². The summed E-state index contributed by atoms with van der Waals surface area (Å²) in [6.07, 6.45) is 0. The van der Waals surface area contributed by atoms with Gasteiger partial charge in [-0.05, 0) is 36.4 Å². The van der Waals surface area contributed by atoms with E-state index in [0.29, 0.717) is 16.9 Å². The van der Waals surface area contributed by atoms with Crippen LogP contribution in [0.2, 0.25) is 0 Å². The molecule has 4 rings (SSSR count). The normalized spacial score (nSPS) is 12.4. The van der Waals surface area contributed by atoms with Gasteiger partial charge in [-0.1, -0.05) is 36.4 Å². The van der Waals surface area contributed by atoms with Crippen molar-refractivity contribution in [3.8, 4) is 5.75 Å². The molecule has 8 heteroatoms. The Labute approximate surface area is 196 Å². The summed E-state index contributed by atoms with van der Waals surface area (Å²) in [4.78, 5) is 52.9. The maximum atomic E-state index is 12.7. The molecule has 0 fully saturated rings. The highest BCUT2D eigenvalue weighted by molar-refractivity contribution is 6.34. The Bertz CT molecular complexity index is 1250. The molecule has 3 aromatic rings. The van der Waals surface area contributed by atoms with Crippen LogP contribution in [-0.4, -0.2) is 49.4 Å². The fourth-order valence-electron chi connectivity index (χ4n) is 3.69. The van der Waals surface area contributed by atoms with E-state index in [4.69, 9.17) is 9.47 Å². The molecule has 8 nitrogen and oxygen atoms in total. The van der Waals surface area contributed by atoms with Crippen LogP contribution in [0.15, 0.2) is 72.8 Å². The molecule has 1 heterocycles. The van der Waals surface area contributed by atoms with Crippen molar-refractivity contribution in [3.05, 3.63) is 95.1 Å². The third kappa shape index (κ3) is 4.38. The molecule has 3 amide bonds. The van der Waals surface area contributed by atoms with Crippen molar-refractivity contribution in [1.82, 2.24) is 4.90 Å². The zero-order valence-corrected chi connectivity index (χ0v) is 18.7. The molecule has 0 N–H and O–H groups in total. The van der Waals surface area contributed by atoms with E-state index in [-0.39, 0.29) is 17.8 Å². The number of likely N-dealkylation sites (N-methyl/N-ethyl adjacent to an activating group) is 1. The first-order valence-electron chi connectivity index (χ1n) is 10.5. The van der Waals surface area contributed by atoms with E-state index in [2.05, 4.69) is 0 Å². The fourth-order valence-corrected chi connectivity index (χ4v) is 3.69. The van der Waals surface area contributed by atoms with Crippen LogP contribution in [0.25, 0.3) is 0 Å². The lowest BCUT2D eigenvalue weighted by atomic mass is 10.1. The molecule has 0 spiro atoms. The van der Waals surface area contributed by atoms with Crippen LogP contribution in [0.1, 0.15) is 36.6 Å². The summed E-state index contributed by atoms with van der Waals surface area (Å²) in [7, 11) is 3.16. The number of nitrogens with zero attached hydrogens (tertiary/aromatic N) is 2. The molecular weight excluding hydrogens is 436 g/mol. The minimum Gasteiger partial charge on any atom is -0.496 e. The number of hydrogen-bond donors (Lipinski definition) is 0. The van der Waals surface area contributed by atoms with Gasteiger partial charge in [-0.15, -0.1) is 0 Å². The zero-order chi connectivity index (χ0) is 24.2. The van der Waals surface area contributed by atoms with Crippen LogP contribution in [0.4, 0.5) is 5.69 Å². The number of anilines is 1. The Balaban J connectivity index is 1.41. The van der Waals surface area contributed by atoms with Crippen molar-refractivity contribution in [2.75, 3.05) is 25.7 Å². The molecule has 0 atom stereocenters. The van der Waals surface area contributed by atoms with Gasteiger partial charge in [0.1, 0.15) is 5.75 Å². The topological polar surface area (TPSA) is 93.2 Å². The quantitative estimate of drug-likeness (QED) is 0.398. The number of carbonyl (C=O) groups excluding carboxylic acids is 4. The van der Waals surface area contributed by atoms with Gasteiger partial charge in [0.25, 0.3) is 17.7 Å². The maximum Gasteiger partial charge on any atom is 0.338 e. The highest BCUT2D eigenvalue weighted by atomic mass is 16.5. The number of benzene rings is 3. The van der Waals surface area contributed by atoms with Crippen LogP contribution in [0, 0.1) is 0 Å². The van der Waals surface area contributed by atoms with Crippen LogP contribution in [0.5, 0.6) is 5.75 Å². The fraction of sp³-hybridized carbons (Fsp3) is 0.154. The monoisotopic (exact) mass is 458 g/mol. The second-order valence-electron chi connectivity index (χ2n) is 7.68. The summed E-state index contributed by atoms with van der Waals surface area (Å²) < 4.78 is 10.5. The second kappa shape index (κ2) is 9.58. The molecular formula is C26H22N2O6. The third-order valence-corrected chi connectivity index (χ3v) is 5.49. The van der Waals surface area contributed by atoms with E-state index >= 15 is 0 Å². The minimum absolute atomic E-state index is 0.120. The maximum absolute atomic E-state index is 12.7. The van der Waals surface area contributed by atoms with E-state index in [1.54, 1.807) is 56.6 Å². The molecule has 1 aliphatic rings. The van der Waals surface area contributed by atoms with Gasteiger partial charge in [-0.2, -0.15) is 0 Å². The first-order chi connectivity index (χ1) is 16.4. The molecule has 0 aliphatic carbocycles. The molecule has 0 saturated carbocycles. The average Bonchev–Trinajstić information content (AvgIpc) is 3.12. The number of carbonyl (C=O) groups is 4. The van der Waals surface area contributed by atoms with Crippen molar-refractivity contribution >= 4 is 29.4 Å². The highest BCUT2D eigenvalue weighted by Crippen LogP contribution is 2.29. The summed E-state index contributed by atoms with van der Waals surface area (Å²) in [6.45, 7) is -0.169. The molecule has 0 radical (unpaired) electrons. The number of para-hydroxylation sites is 1. The van der Waals surface area contributed by atoms with E-state index in [1.807, 2.05) is 18.2 Å². The van der Waals surface area contributed by atoms with Crippen molar-refractivity contribution in [1.29, 1.82) is 0 Å². The number of hydrogen-bond acceptors (Lipinski definition) is 6. The number of esters is 1. The third-order valence-electron chi connectivity index (χ3n) is 5.49. The van der Waals surface area contributed by atoms with Gasteiger partial charge >= 0.3 is 5.97 Å². The summed E-state index contributed by atoms with van der Waals surface area (Å²) in [5.74, 6) is -1.39. The van der Waals surface area contributed by atoms with Gasteiger partial charge in [0, 0.05) is 19.2 Å². The Kier molecular flexibility index (Phi) is 6.40. The average molecular weight is 458 g/mol. The molecule has 0 bridgehead atoms. The number of imide groups is 1. The Morgan fingerprint density at radius 1 is 0.882 bits per heavy atom. The highest BCUT2D eigenvalue weighted by Gasteiger charge is 2.36. The van der Waals surface area contributed by atoms with Crippen LogP contribution in [0.3, 0.4) is 0 Å². The summed E-state index contributed by atoms with van der Waals surface area (Å²) >= 11 is 0. The van der Waals surface area contributed by atoms with Gasteiger partial charge in [0.05, 0.1) is 29.5 Å². The first-order valence-corrected chi connectivity index (χ1v) is 10.5. The molecule has 0 saturated heterocycles. The van der Waals surface area contributed by atoms with Gasteiger partial charge in [-0.25, -0.2) is 9.69 Å². The molecule has 0 unspecified atom stereocenters. The first kappa shape index (κ1) is 22.7. The standard InChI is InChI=1S/C26H22N2O6/c1-27(15-18-8-3-6-13-22(18)33-2)23(29)16-34-26(32)17-9-7-10-19(14-17)28-24(30)20-11-4-5-12-21(20)25(28)31/h3-14H,15-16H2,1-2H3. The van der Waals surface area contributed by atoms with E-state index in [1.165, 1.54) is 17.0 Å². The van der Waals surface area contributed by atoms with Gasteiger partial charge in [0.15, 0.2) is 6.61 Å². The number of methoxy groups -OCH3 is 1. The van der Waals surface area contributed by atoms with Gasteiger partial charge in [-0.3, -0.25) is 14.4 Å². The molecule has 172 valence electrons. The summed E-state index contributed by atoms with van der Waals surface area (Å²) in [6, 6.07) is 19.9. The van der Waals surface area contributed by atoms with Crippen LogP contribution < -0.4 is 9.64 Å². The minimum atomic E-state index is -0.738. The van der Waals surface area contributed by atoms with E-state index in [9.17, 15) is 19.2 Å². The Morgan fingerprint density at radius 3 is 2.21 bits per heavy atom. The van der Waals surface area contributed by atoms with Gasteiger partial charge in [0.2, 0.25) is 0 Å². The lowest BCUT2D eigenvalue weighted by molar-refractivity contribution is -0.133. The predicted octanol–water partition coefficient (Wildman–Crippen LogP) is 3.31. The van der Waals surface area contributed by atoms with Gasteiger partial charge < -0.3 is 14.4 Å². The van der Waals surface area contributed by atoms with Crippen molar-refractivity contribution in [3.63, 3.8) is 0 Å². The summed E-state index contributed by atoms with van der Waals surface area (Å²) in [5, 5.41) is 0. The predicted molar refractivity (Wildman–Crippen MR) is 124 cm³/mol. The number of rotatable bonds is 7. The zero-order valence-electron chi connectivity index (χ0n) is 18.7. The lowest BCUT2D eigenvalue weighted by Crippen LogP contribution is -2.31. The van der Waals surface area contributed by atoms with Crippen molar-refractivity contribution in [2.45, 2.75) is 6.54 Å². The molecule has 3 aromatic carbocycles. The molecule has 0 aromatic heterocycles. The SMILES string of the molecule is COc1ccccc1CN(C)C(=O)COC(=O)c1cccc(N2C(=O)c3ccccc3C2=O)c1. The molecule has 34 heavy (non-hydrogen) atoms. The Hall–Kier alpha value is -4.46. The smallest absolute Gasteiger partial charge is 0.338 e.